The number of hydrogen-bond donors (Lipinski definition) is 1. The van der Waals surface area contributed by atoms with E-state index in [0.717, 1.165) is 4.60 Å². The van der Waals surface area contributed by atoms with E-state index in [1.165, 1.54) is 0 Å². The highest BCUT2D eigenvalue weighted by molar-refractivity contribution is 9.10. The average molecular weight is 294 g/mol. The number of carbonyl (C=O) groups is 1. The topological polar surface area (TPSA) is 42.0 Å². The first-order valence-electron chi connectivity index (χ1n) is 3.20. The Morgan fingerprint density at radius 1 is 1.58 bits per heavy atom. The monoisotopic (exact) mass is 292 g/mol. The van der Waals surface area contributed by atoms with Crippen molar-refractivity contribution in [1.29, 1.82) is 0 Å². The van der Waals surface area contributed by atoms with Gasteiger partial charge in [-0.3, -0.25) is 4.79 Å². The molecule has 5 heteroatoms. The Labute approximate surface area is 86.8 Å². The molecule has 12 heavy (non-hydrogen) atoms. The summed E-state index contributed by atoms with van der Waals surface area (Å²) in [6.45, 7) is 0. The third-order valence-electron chi connectivity index (χ3n) is 1.13. The van der Waals surface area contributed by atoms with Crippen LogP contribution in [0.2, 0.25) is 0 Å². The summed E-state index contributed by atoms with van der Waals surface area (Å²) in [5.41, 5.74) is 0.697. The first-order chi connectivity index (χ1) is 5.72. The molecule has 1 heterocycles. The van der Waals surface area contributed by atoms with Gasteiger partial charge in [0.2, 0.25) is 5.91 Å². The van der Waals surface area contributed by atoms with Crippen LogP contribution in [0.15, 0.2) is 22.9 Å². The second-order valence-electron chi connectivity index (χ2n) is 2.05. The summed E-state index contributed by atoms with van der Waals surface area (Å²) in [6, 6.07) is 3.54. The molecule has 0 aliphatic heterocycles. The fraction of sp³-hybridized carbons (Fsp3) is 0.143. The minimum absolute atomic E-state index is 0.0841. The average Bonchev–Trinajstić information content (AvgIpc) is 2.09. The zero-order valence-electron chi connectivity index (χ0n) is 6.05. The van der Waals surface area contributed by atoms with Gasteiger partial charge in [0.05, 0.1) is 17.2 Å². The lowest BCUT2D eigenvalue weighted by molar-refractivity contribution is -0.113. The van der Waals surface area contributed by atoms with E-state index in [4.69, 9.17) is 0 Å². The van der Waals surface area contributed by atoms with Crippen LogP contribution in [-0.2, 0) is 4.79 Å². The number of amides is 1. The lowest BCUT2D eigenvalue weighted by atomic mass is 10.4. The SMILES string of the molecule is O=C(CBr)Nc1ccc(Br)nc1. The van der Waals surface area contributed by atoms with E-state index in [2.05, 4.69) is 42.2 Å². The standard InChI is InChI=1S/C7H6Br2N2O/c8-3-7(12)11-5-1-2-6(9)10-4-5/h1-2,4H,3H2,(H,11,12). The summed E-state index contributed by atoms with van der Waals surface area (Å²) in [7, 11) is 0. The summed E-state index contributed by atoms with van der Waals surface area (Å²) >= 11 is 6.24. The molecule has 0 unspecified atom stereocenters. The quantitative estimate of drug-likeness (QED) is 0.671. The minimum atomic E-state index is -0.0841. The molecule has 0 saturated carbocycles. The van der Waals surface area contributed by atoms with Gasteiger partial charge in [0.15, 0.2) is 0 Å². The van der Waals surface area contributed by atoms with Crippen molar-refractivity contribution in [2.24, 2.45) is 0 Å². The molecule has 1 amide bonds. The van der Waals surface area contributed by atoms with E-state index in [9.17, 15) is 4.79 Å². The van der Waals surface area contributed by atoms with Crippen molar-refractivity contribution in [1.82, 2.24) is 4.98 Å². The number of nitrogens with one attached hydrogen (secondary N) is 1. The van der Waals surface area contributed by atoms with Crippen LogP contribution in [0.5, 0.6) is 0 Å². The van der Waals surface area contributed by atoms with Gasteiger partial charge in [-0.25, -0.2) is 4.98 Å². The molecule has 1 N–H and O–H groups in total. The number of nitrogens with zero attached hydrogens (tertiary/aromatic N) is 1. The molecular formula is C7H6Br2N2O. The summed E-state index contributed by atoms with van der Waals surface area (Å²) in [5, 5.41) is 2.94. The van der Waals surface area contributed by atoms with E-state index in [-0.39, 0.29) is 5.91 Å². The second-order valence-corrected chi connectivity index (χ2v) is 3.42. The van der Waals surface area contributed by atoms with Crippen LogP contribution in [0.3, 0.4) is 0 Å². The maximum atomic E-state index is 10.9. The first-order valence-corrected chi connectivity index (χ1v) is 5.11. The zero-order chi connectivity index (χ0) is 8.97. The Morgan fingerprint density at radius 3 is 2.83 bits per heavy atom. The number of halogens is 2. The van der Waals surface area contributed by atoms with Crippen LogP contribution in [0.25, 0.3) is 0 Å². The fourth-order valence-electron chi connectivity index (χ4n) is 0.644. The number of aromatic nitrogens is 1. The lowest BCUT2D eigenvalue weighted by Gasteiger charge is -2.00. The highest BCUT2D eigenvalue weighted by Gasteiger charge is 1.98. The number of rotatable bonds is 2. The van der Waals surface area contributed by atoms with Crippen LogP contribution < -0.4 is 5.32 Å². The first kappa shape index (κ1) is 9.67. The minimum Gasteiger partial charge on any atom is -0.324 e. The molecule has 0 radical (unpaired) electrons. The van der Waals surface area contributed by atoms with E-state index in [1.807, 2.05) is 0 Å². The fourth-order valence-corrected chi connectivity index (χ4v) is 1.02. The second kappa shape index (κ2) is 4.57. The van der Waals surface area contributed by atoms with Crippen LogP contribution in [0, 0.1) is 0 Å². The van der Waals surface area contributed by atoms with Gasteiger partial charge in [-0.1, -0.05) is 15.9 Å². The van der Waals surface area contributed by atoms with Gasteiger partial charge in [0.25, 0.3) is 0 Å². The van der Waals surface area contributed by atoms with Gasteiger partial charge >= 0.3 is 0 Å². The van der Waals surface area contributed by atoms with Gasteiger partial charge in [0, 0.05) is 0 Å². The molecule has 1 rings (SSSR count). The molecule has 1 aromatic rings. The molecular weight excluding hydrogens is 288 g/mol. The van der Waals surface area contributed by atoms with Crippen molar-refractivity contribution in [2.45, 2.75) is 0 Å². The van der Waals surface area contributed by atoms with Crippen molar-refractivity contribution in [3.05, 3.63) is 22.9 Å². The normalized spacial score (nSPS) is 9.50. The van der Waals surface area contributed by atoms with E-state index >= 15 is 0 Å². The van der Waals surface area contributed by atoms with Crippen molar-refractivity contribution >= 4 is 43.5 Å². The molecule has 0 aliphatic rings. The van der Waals surface area contributed by atoms with Gasteiger partial charge in [-0.2, -0.15) is 0 Å². The lowest BCUT2D eigenvalue weighted by Crippen LogP contribution is -2.12. The van der Waals surface area contributed by atoms with E-state index < -0.39 is 0 Å². The van der Waals surface area contributed by atoms with Gasteiger partial charge in [-0.15, -0.1) is 0 Å². The van der Waals surface area contributed by atoms with Crippen LogP contribution in [0.4, 0.5) is 5.69 Å². The smallest absolute Gasteiger partial charge is 0.235 e. The van der Waals surface area contributed by atoms with Crippen LogP contribution in [-0.4, -0.2) is 16.2 Å². The highest BCUT2D eigenvalue weighted by Crippen LogP contribution is 2.10. The molecule has 0 atom stereocenters. The predicted molar refractivity (Wildman–Crippen MR) is 54.4 cm³/mol. The Balaban J connectivity index is 2.64. The number of hydrogen-bond acceptors (Lipinski definition) is 2. The van der Waals surface area contributed by atoms with Crippen LogP contribution >= 0.6 is 31.9 Å². The van der Waals surface area contributed by atoms with E-state index in [0.29, 0.717) is 11.0 Å². The maximum absolute atomic E-state index is 10.9. The molecule has 0 spiro atoms. The third kappa shape index (κ3) is 2.91. The summed E-state index contributed by atoms with van der Waals surface area (Å²) in [4.78, 5) is 14.8. The molecule has 0 aromatic carbocycles. The molecule has 3 nitrogen and oxygen atoms in total. The van der Waals surface area contributed by atoms with Crippen LogP contribution in [0.1, 0.15) is 0 Å². The molecule has 0 bridgehead atoms. The van der Waals surface area contributed by atoms with Gasteiger partial charge < -0.3 is 5.32 Å². The Morgan fingerprint density at radius 2 is 2.33 bits per heavy atom. The Bertz CT molecular complexity index is 273. The Kier molecular flexibility index (Phi) is 3.68. The van der Waals surface area contributed by atoms with Crippen molar-refractivity contribution in [3.63, 3.8) is 0 Å². The van der Waals surface area contributed by atoms with Crippen molar-refractivity contribution < 1.29 is 4.79 Å². The third-order valence-corrected chi connectivity index (χ3v) is 2.11. The number of anilines is 1. The van der Waals surface area contributed by atoms with Gasteiger partial charge in [-0.05, 0) is 28.1 Å². The highest BCUT2D eigenvalue weighted by atomic mass is 79.9. The largest absolute Gasteiger partial charge is 0.324 e. The molecule has 64 valence electrons. The number of carbonyl (C=O) groups excluding carboxylic acids is 1. The molecule has 1 aromatic heterocycles. The molecule has 0 fully saturated rings. The van der Waals surface area contributed by atoms with Crippen molar-refractivity contribution in [2.75, 3.05) is 10.6 Å². The Hall–Kier alpha value is -0.420. The summed E-state index contributed by atoms with van der Waals surface area (Å²) < 4.78 is 0.749. The number of alkyl halides is 1. The van der Waals surface area contributed by atoms with E-state index in [1.54, 1.807) is 18.3 Å². The summed E-state index contributed by atoms with van der Waals surface area (Å²) in [5.74, 6) is -0.0841. The molecule has 0 saturated heterocycles. The molecule has 0 aliphatic carbocycles. The summed E-state index contributed by atoms with van der Waals surface area (Å²) in [6.07, 6.45) is 1.59. The van der Waals surface area contributed by atoms with Crippen molar-refractivity contribution in [3.8, 4) is 0 Å². The predicted octanol–water partition coefficient (Wildman–Crippen LogP) is 2.18. The maximum Gasteiger partial charge on any atom is 0.235 e. The van der Waals surface area contributed by atoms with Gasteiger partial charge in [0.1, 0.15) is 4.60 Å². The number of pyridine rings is 1. The zero-order valence-corrected chi connectivity index (χ0v) is 9.22.